The van der Waals surface area contributed by atoms with E-state index in [9.17, 15) is 8.42 Å². The lowest BCUT2D eigenvalue weighted by molar-refractivity contribution is 0.608. The summed E-state index contributed by atoms with van der Waals surface area (Å²) in [5, 5.41) is 1.76. The van der Waals surface area contributed by atoms with Gasteiger partial charge in [-0.2, -0.15) is 0 Å². The van der Waals surface area contributed by atoms with Crippen LogP contribution >= 0.6 is 10.7 Å². The molecule has 0 aromatic heterocycles. The van der Waals surface area contributed by atoms with Gasteiger partial charge in [-0.25, -0.2) is 8.42 Å². The first-order valence-corrected chi connectivity index (χ1v) is 4.99. The molecule has 0 N–H and O–H groups in total. The zero-order valence-corrected chi connectivity index (χ0v) is 6.41. The monoisotopic (exact) mass is 174 g/mol. The van der Waals surface area contributed by atoms with E-state index in [1.165, 1.54) is 0 Å². The predicted molar refractivity (Wildman–Crippen MR) is 37.2 cm³/mol. The zero-order chi connectivity index (χ0) is 7.35. The average Bonchev–Trinajstić information content (AvgIpc) is 1.74. The Hall–Kier alpha value is -0.540. The Balaban J connectivity index is 2.75. The number of hydrogen-bond acceptors (Lipinski definition) is 2. The first-order valence-electron chi connectivity index (χ1n) is 2.68. The van der Waals surface area contributed by atoms with E-state index in [0.717, 1.165) is 10.4 Å². The van der Waals surface area contributed by atoms with E-state index < -0.39 is 9.05 Å². The molecule has 0 aromatic carbocycles. The van der Waals surface area contributed by atoms with Crippen molar-refractivity contribution in [1.29, 1.82) is 0 Å². The van der Waals surface area contributed by atoms with Crippen LogP contribution in [-0.2, 0) is 9.05 Å². The Bertz CT molecular complexity index is 475. The predicted octanol–water partition coefficient (Wildman–Crippen LogP) is 1.21. The van der Waals surface area contributed by atoms with E-state index in [4.69, 9.17) is 10.7 Å². The maximum atomic E-state index is 10.6. The molecule has 0 saturated heterocycles. The summed E-state index contributed by atoms with van der Waals surface area (Å²) in [5.74, 6) is 0. The molecule has 0 amide bonds. The van der Waals surface area contributed by atoms with Gasteiger partial charge in [0, 0.05) is 15.9 Å². The van der Waals surface area contributed by atoms with Crippen LogP contribution < -0.4 is 0 Å². The second-order valence-electron chi connectivity index (χ2n) is 2.15. The molecule has 2 rings (SSSR count). The molecule has 4 heteroatoms. The molecule has 0 fully saturated rings. The fourth-order valence-electron chi connectivity index (χ4n) is 0.956. The van der Waals surface area contributed by atoms with E-state index in [0.29, 0.717) is 0 Å². The summed E-state index contributed by atoms with van der Waals surface area (Å²) >= 11 is 0. The lowest BCUT2D eigenvalue weighted by atomic mass is 10.1. The van der Waals surface area contributed by atoms with Crippen LogP contribution in [0.1, 0.15) is 0 Å². The van der Waals surface area contributed by atoms with E-state index >= 15 is 0 Å². The van der Waals surface area contributed by atoms with Crippen LogP contribution in [0.15, 0.2) is 23.1 Å². The van der Waals surface area contributed by atoms with Gasteiger partial charge in [0.2, 0.25) is 0 Å². The molecule has 0 aromatic rings. The summed E-state index contributed by atoms with van der Waals surface area (Å²) < 4.78 is 21.3. The highest BCUT2D eigenvalue weighted by atomic mass is 35.7. The number of hydrogen-bond donors (Lipinski definition) is 0. The van der Waals surface area contributed by atoms with E-state index in [1.807, 2.05) is 6.07 Å². The minimum atomic E-state index is -3.47. The first-order chi connectivity index (χ1) is 4.59. The highest BCUT2D eigenvalue weighted by Crippen LogP contribution is 2.23. The van der Waals surface area contributed by atoms with E-state index in [1.54, 1.807) is 12.1 Å². The van der Waals surface area contributed by atoms with Crippen LogP contribution in [0.5, 0.6) is 0 Å². The highest BCUT2D eigenvalue weighted by Gasteiger charge is 2.17. The molecule has 52 valence electrons. The maximum absolute atomic E-state index is 10.6. The van der Waals surface area contributed by atoms with Gasteiger partial charge in [0.15, 0.2) is 0 Å². The van der Waals surface area contributed by atoms with Gasteiger partial charge in [-0.05, 0) is 11.3 Å². The van der Waals surface area contributed by atoms with Gasteiger partial charge < -0.3 is 0 Å². The summed E-state index contributed by atoms with van der Waals surface area (Å²) in [6.07, 6.45) is 0. The molecule has 2 aliphatic carbocycles. The topological polar surface area (TPSA) is 34.1 Å². The second kappa shape index (κ2) is 1.54. The van der Waals surface area contributed by atoms with Gasteiger partial charge in [0.1, 0.15) is 0 Å². The Kier molecular flexibility index (Phi) is 0.956. The molecule has 0 radical (unpaired) electrons. The quantitative estimate of drug-likeness (QED) is 0.610. The Labute approximate surface area is 62.2 Å². The second-order valence-corrected chi connectivity index (χ2v) is 4.68. The largest absolute Gasteiger partial charge is 0.261 e. The molecule has 2 aliphatic rings. The smallest absolute Gasteiger partial charge is 0.207 e. The van der Waals surface area contributed by atoms with Crippen molar-refractivity contribution < 1.29 is 8.42 Å². The van der Waals surface area contributed by atoms with Crippen molar-refractivity contribution in [3.05, 3.63) is 28.6 Å². The number of halogens is 1. The van der Waals surface area contributed by atoms with Gasteiger partial charge in [0.05, 0.1) is 4.90 Å². The van der Waals surface area contributed by atoms with Crippen molar-refractivity contribution in [1.82, 2.24) is 0 Å². The Morgan fingerprint density at radius 3 is 2.10 bits per heavy atom. The molecule has 0 spiro atoms. The van der Waals surface area contributed by atoms with Gasteiger partial charge in [-0.1, -0.05) is 12.1 Å². The van der Waals surface area contributed by atoms with Crippen LogP contribution in [-0.4, -0.2) is 8.42 Å². The summed E-state index contributed by atoms with van der Waals surface area (Å²) in [7, 11) is 1.59. The van der Waals surface area contributed by atoms with Gasteiger partial charge in [-0.3, -0.25) is 0 Å². The molecular weight excluding hydrogens is 172 g/mol. The number of rotatable bonds is 1. The SMILES string of the molecule is O=S(=O)(Cl)c1cc2ccc1=2. The highest BCUT2D eigenvalue weighted by molar-refractivity contribution is 8.13. The van der Waals surface area contributed by atoms with Gasteiger partial charge in [-0.15, -0.1) is 0 Å². The molecule has 2 nitrogen and oxygen atoms in total. The van der Waals surface area contributed by atoms with Crippen LogP contribution in [0.2, 0.25) is 0 Å². The Morgan fingerprint density at radius 1 is 1.30 bits per heavy atom. The maximum Gasteiger partial charge on any atom is 0.261 e. The van der Waals surface area contributed by atoms with Crippen molar-refractivity contribution in [2.75, 3.05) is 0 Å². The fourth-order valence-corrected chi connectivity index (χ4v) is 2.06. The third-order valence-electron chi connectivity index (χ3n) is 1.56. The Morgan fingerprint density at radius 2 is 2.00 bits per heavy atom. The summed E-state index contributed by atoms with van der Waals surface area (Å²) in [5.41, 5.74) is 0. The van der Waals surface area contributed by atoms with Gasteiger partial charge >= 0.3 is 0 Å². The van der Waals surface area contributed by atoms with Crippen molar-refractivity contribution >= 4 is 19.7 Å². The lowest BCUT2D eigenvalue weighted by Crippen LogP contribution is -2.00. The summed E-state index contributed by atoms with van der Waals surface area (Å²) in [4.78, 5) is 0.256. The molecule has 0 heterocycles. The van der Waals surface area contributed by atoms with Crippen molar-refractivity contribution in [3.8, 4) is 0 Å². The van der Waals surface area contributed by atoms with Crippen molar-refractivity contribution in [2.45, 2.75) is 4.90 Å². The van der Waals surface area contributed by atoms with E-state index in [2.05, 4.69) is 0 Å². The molecule has 0 bridgehead atoms. The fraction of sp³-hybridized carbons (Fsp3) is 0. The lowest BCUT2D eigenvalue weighted by Gasteiger charge is -2.06. The van der Waals surface area contributed by atoms with Crippen LogP contribution in [0.25, 0.3) is 0 Å². The molecule has 0 aliphatic heterocycles. The molecule has 0 atom stereocenters. The first kappa shape index (κ1) is 6.19. The zero-order valence-electron chi connectivity index (χ0n) is 4.83. The summed E-state index contributed by atoms with van der Waals surface area (Å²) in [6, 6.07) is 5.16. The van der Waals surface area contributed by atoms with Crippen LogP contribution in [0, 0.1) is 10.4 Å². The van der Waals surface area contributed by atoms with E-state index in [-0.39, 0.29) is 4.90 Å². The average molecular weight is 175 g/mol. The standard InChI is InChI=1S/C6H3ClO2S/c7-10(8,9)6-3-4-1-2-5(4)6/h1-3H. The number of benzene rings is 1. The minimum Gasteiger partial charge on any atom is -0.207 e. The van der Waals surface area contributed by atoms with Crippen molar-refractivity contribution in [3.63, 3.8) is 0 Å². The third kappa shape index (κ3) is 0.617. The van der Waals surface area contributed by atoms with Crippen molar-refractivity contribution in [2.24, 2.45) is 0 Å². The molecule has 0 saturated carbocycles. The normalized spacial score (nSPS) is 13.3. The van der Waals surface area contributed by atoms with Gasteiger partial charge in [0.25, 0.3) is 9.05 Å². The molecular formula is C6H3ClO2S. The summed E-state index contributed by atoms with van der Waals surface area (Å²) in [6.45, 7) is 0. The van der Waals surface area contributed by atoms with Crippen LogP contribution in [0.4, 0.5) is 0 Å². The minimum absolute atomic E-state index is 0.256. The van der Waals surface area contributed by atoms with Crippen LogP contribution in [0.3, 0.4) is 0 Å². The molecule has 10 heavy (non-hydrogen) atoms. The molecule has 0 unspecified atom stereocenters. The third-order valence-corrected chi connectivity index (χ3v) is 2.92.